The van der Waals surface area contributed by atoms with E-state index < -0.39 is 34.6 Å². The first kappa shape index (κ1) is 31.2. The molecule has 2 aromatic carbocycles. The van der Waals surface area contributed by atoms with Gasteiger partial charge in [-0.05, 0) is 49.0 Å². The lowest BCUT2D eigenvalue weighted by Gasteiger charge is -2.45. The summed E-state index contributed by atoms with van der Waals surface area (Å²) in [5.74, 6) is -0.396. The minimum absolute atomic E-state index is 0.103. The predicted octanol–water partition coefficient (Wildman–Crippen LogP) is 2.01. The van der Waals surface area contributed by atoms with Gasteiger partial charge in [0.15, 0.2) is 0 Å². The monoisotopic (exact) mass is 612 g/mol. The third-order valence-electron chi connectivity index (χ3n) is 7.72. The Morgan fingerprint density at radius 1 is 1.16 bits per heavy atom. The lowest BCUT2D eigenvalue weighted by molar-refractivity contribution is -0.137. The number of anilines is 1. The second kappa shape index (κ2) is 11.4. The summed E-state index contributed by atoms with van der Waals surface area (Å²) in [6, 6.07) is 4.83. The number of benzene rings is 2. The number of carbonyl (C=O) groups excluding carboxylic acids is 1. The van der Waals surface area contributed by atoms with Crippen molar-refractivity contribution in [3.05, 3.63) is 64.9 Å². The maximum Gasteiger partial charge on any atom is 0.417 e. The number of thioether (sulfide) groups is 1. The van der Waals surface area contributed by atoms with Gasteiger partial charge in [0.25, 0.3) is 0 Å². The Balaban J connectivity index is 1.79. The van der Waals surface area contributed by atoms with Crippen LogP contribution < -0.4 is 10.6 Å². The molecule has 3 heterocycles. The average Bonchev–Trinajstić information content (AvgIpc) is 2.92. The molecule has 1 aromatic heterocycles. The van der Waals surface area contributed by atoms with Crippen LogP contribution in [0.1, 0.15) is 25.5 Å². The number of alkyl halides is 3. The van der Waals surface area contributed by atoms with Gasteiger partial charge in [0.1, 0.15) is 35.2 Å². The molecule has 1 fully saturated rings. The molecule has 0 N–H and O–H groups in total. The molecule has 43 heavy (non-hydrogen) atoms. The second-order valence-corrected chi connectivity index (χ2v) is 13.1. The summed E-state index contributed by atoms with van der Waals surface area (Å²) in [5.41, 5.74) is -1.06. The number of piperazine rings is 1. The third-order valence-corrected chi connectivity index (χ3v) is 8.96. The first-order chi connectivity index (χ1) is 20.1. The number of aromatic nitrogens is 2. The first-order valence-electron chi connectivity index (χ1n) is 14.0. The summed E-state index contributed by atoms with van der Waals surface area (Å²) in [7, 11) is 5.66. The van der Waals surface area contributed by atoms with E-state index in [1.165, 1.54) is 34.5 Å². The normalized spacial score (nSPS) is 20.8. The topological polar surface area (TPSA) is 67.7 Å². The second-order valence-electron chi connectivity index (χ2n) is 12.1. The minimum Gasteiger partial charge on any atom is -0.399 e. The zero-order valence-corrected chi connectivity index (χ0v) is 25.5. The summed E-state index contributed by atoms with van der Waals surface area (Å²) >= 11 is 1.22. The van der Waals surface area contributed by atoms with Gasteiger partial charge in [-0.2, -0.15) is 18.2 Å². The fourth-order valence-electron chi connectivity index (χ4n) is 5.96. The van der Waals surface area contributed by atoms with Gasteiger partial charge in [-0.1, -0.05) is 18.7 Å². The predicted molar refractivity (Wildman–Crippen MR) is 169 cm³/mol. The third kappa shape index (κ3) is 5.98. The summed E-state index contributed by atoms with van der Waals surface area (Å²) in [4.78, 5) is 34.4. The highest BCUT2D eigenvalue weighted by molar-refractivity contribution is 7.99. The van der Waals surface area contributed by atoms with E-state index in [1.807, 2.05) is 37.4 Å². The van der Waals surface area contributed by atoms with Gasteiger partial charge < -0.3 is 14.5 Å². The molecule has 3 atom stereocenters. The number of rotatable bonds is 6. The Morgan fingerprint density at radius 3 is 2.35 bits per heavy atom. The molecule has 0 bridgehead atoms. The Hall–Kier alpha value is -3.19. The van der Waals surface area contributed by atoms with Gasteiger partial charge in [-0.25, -0.2) is 9.18 Å². The molecular formula is C28H31B3F4N4O3S. The summed E-state index contributed by atoms with van der Waals surface area (Å²) in [6.45, 7) is 7.94. The number of carbonyl (C=O) groups is 1. The van der Waals surface area contributed by atoms with E-state index in [1.54, 1.807) is 9.80 Å². The van der Waals surface area contributed by atoms with E-state index in [2.05, 4.69) is 11.6 Å². The molecule has 0 spiro atoms. The molecule has 0 saturated carbocycles. The summed E-state index contributed by atoms with van der Waals surface area (Å²) < 4.78 is 65.7. The zero-order chi connectivity index (χ0) is 31.4. The van der Waals surface area contributed by atoms with E-state index in [0.717, 1.165) is 18.2 Å². The molecule has 1 amide bonds. The van der Waals surface area contributed by atoms with Crippen LogP contribution in [0.4, 0.5) is 23.4 Å². The van der Waals surface area contributed by atoms with Gasteiger partial charge in [0.05, 0.1) is 23.7 Å². The molecule has 3 aromatic rings. The Labute approximate surface area is 253 Å². The van der Waals surface area contributed by atoms with Crippen LogP contribution in [-0.2, 0) is 15.7 Å². The van der Waals surface area contributed by atoms with E-state index in [9.17, 15) is 27.2 Å². The SMILES string of the molecule is BC(B)(B)OCC1CSc2c(-c3ccc(F)cc3)c(C(F)(F)F)cc3c(N4CC(C)N(C(=O)C=C)C(C)C4)nc(=O)n1c23. The average molecular weight is 612 g/mol. The molecule has 3 unspecified atom stereocenters. The number of hydrogen-bond acceptors (Lipinski definition) is 6. The van der Waals surface area contributed by atoms with Crippen LogP contribution in [0.3, 0.4) is 0 Å². The van der Waals surface area contributed by atoms with Crippen molar-refractivity contribution in [2.24, 2.45) is 0 Å². The fraction of sp³-hybridized carbons (Fsp3) is 0.393. The van der Waals surface area contributed by atoms with Crippen molar-refractivity contribution in [3.8, 4) is 11.1 Å². The van der Waals surface area contributed by atoms with Crippen molar-refractivity contribution in [2.75, 3.05) is 30.3 Å². The Kier molecular flexibility index (Phi) is 8.27. The van der Waals surface area contributed by atoms with Gasteiger partial charge in [-0.15, -0.1) is 11.8 Å². The molecule has 0 aliphatic carbocycles. The standard InChI is InChI=1S/C28H31B3F4N4O3S/c1-4-21(40)38-14(2)10-37(11-15(38)3)25-19-9-20(27(33,34)35)22(16-5-7-17(32)8-6-16)24-23(19)39(26(41)36-25)18(13-43-24)12-42-28(29,30)31/h4-9,14-15,18H,1,10-13,29-31H2,2-3H3. The van der Waals surface area contributed by atoms with E-state index >= 15 is 0 Å². The highest BCUT2D eigenvalue weighted by Gasteiger charge is 2.40. The molecule has 224 valence electrons. The molecule has 2 aliphatic heterocycles. The van der Waals surface area contributed by atoms with Gasteiger partial charge in [0.2, 0.25) is 5.91 Å². The maximum absolute atomic E-state index is 14.8. The van der Waals surface area contributed by atoms with Crippen LogP contribution in [0.5, 0.6) is 0 Å². The molecule has 1 saturated heterocycles. The highest BCUT2D eigenvalue weighted by atomic mass is 32.2. The summed E-state index contributed by atoms with van der Waals surface area (Å²) in [6.07, 6.45) is -3.52. The minimum atomic E-state index is -4.75. The molecular weight excluding hydrogens is 581 g/mol. The van der Waals surface area contributed by atoms with E-state index in [4.69, 9.17) is 4.74 Å². The molecule has 0 radical (unpaired) electrons. The highest BCUT2D eigenvalue weighted by Crippen LogP contribution is 2.50. The van der Waals surface area contributed by atoms with Crippen molar-refractivity contribution in [3.63, 3.8) is 0 Å². The van der Waals surface area contributed by atoms with Crippen LogP contribution in [0.15, 0.2) is 52.7 Å². The van der Waals surface area contributed by atoms with Crippen molar-refractivity contribution >= 4 is 57.9 Å². The van der Waals surface area contributed by atoms with Crippen LogP contribution in [-0.4, -0.2) is 86.7 Å². The van der Waals surface area contributed by atoms with E-state index in [0.29, 0.717) is 5.52 Å². The van der Waals surface area contributed by atoms with Crippen LogP contribution in [0, 0.1) is 5.82 Å². The van der Waals surface area contributed by atoms with Gasteiger partial charge in [0, 0.05) is 46.8 Å². The molecule has 2 aliphatic rings. The van der Waals surface area contributed by atoms with Crippen LogP contribution in [0.2, 0.25) is 0 Å². The lowest BCUT2D eigenvalue weighted by Crippen LogP contribution is -2.58. The number of hydrogen-bond donors (Lipinski definition) is 0. The van der Waals surface area contributed by atoms with Gasteiger partial charge in [-0.3, -0.25) is 9.36 Å². The molecule has 5 rings (SSSR count). The number of amides is 1. The zero-order valence-electron chi connectivity index (χ0n) is 24.7. The largest absolute Gasteiger partial charge is 0.417 e. The quantitative estimate of drug-likeness (QED) is 0.241. The van der Waals surface area contributed by atoms with E-state index in [-0.39, 0.29) is 70.7 Å². The maximum atomic E-state index is 14.8. The number of nitrogens with zero attached hydrogens (tertiary/aromatic N) is 4. The van der Waals surface area contributed by atoms with Crippen LogP contribution >= 0.6 is 11.8 Å². The first-order valence-corrected chi connectivity index (χ1v) is 15.0. The van der Waals surface area contributed by atoms with Crippen molar-refractivity contribution < 1.29 is 27.1 Å². The smallest absolute Gasteiger partial charge is 0.399 e. The van der Waals surface area contributed by atoms with Crippen molar-refractivity contribution in [1.29, 1.82) is 0 Å². The van der Waals surface area contributed by atoms with Crippen molar-refractivity contribution in [2.45, 2.75) is 48.3 Å². The van der Waals surface area contributed by atoms with Crippen LogP contribution in [0.25, 0.3) is 22.0 Å². The lowest BCUT2D eigenvalue weighted by atomic mass is 9.52. The molecule has 7 nitrogen and oxygen atoms in total. The number of ether oxygens (including phenoxy) is 1. The molecule has 15 heteroatoms. The van der Waals surface area contributed by atoms with Crippen molar-refractivity contribution in [1.82, 2.24) is 14.5 Å². The Morgan fingerprint density at radius 2 is 1.79 bits per heavy atom. The Bertz CT molecular complexity index is 1630. The fourth-order valence-corrected chi connectivity index (χ4v) is 7.28. The number of halogens is 4. The summed E-state index contributed by atoms with van der Waals surface area (Å²) in [5, 5.41) is -0.321. The van der Waals surface area contributed by atoms with Gasteiger partial charge >= 0.3 is 11.9 Å².